The summed E-state index contributed by atoms with van der Waals surface area (Å²) in [4.78, 5) is 14.2. The summed E-state index contributed by atoms with van der Waals surface area (Å²) < 4.78 is 5.17. The van der Waals surface area contributed by atoms with Crippen LogP contribution in [-0.4, -0.2) is 48.7 Å². The molecule has 118 valence electrons. The van der Waals surface area contributed by atoms with Crippen LogP contribution >= 0.6 is 0 Å². The third-order valence-corrected chi connectivity index (χ3v) is 3.96. The Hall–Kier alpha value is -0.610. The molecule has 1 unspecified atom stereocenters. The minimum absolute atomic E-state index is 0.0496. The van der Waals surface area contributed by atoms with Crippen LogP contribution in [0.1, 0.15) is 53.9 Å². The van der Waals surface area contributed by atoms with Gasteiger partial charge >= 0.3 is 5.97 Å². The maximum Gasteiger partial charge on any atom is 0.323 e. The Morgan fingerprint density at radius 1 is 1.30 bits per heavy atom. The van der Waals surface area contributed by atoms with Crippen LogP contribution in [0.5, 0.6) is 0 Å². The van der Waals surface area contributed by atoms with Gasteiger partial charge in [-0.15, -0.1) is 0 Å². The number of carbonyl (C=O) groups excluding carboxylic acids is 1. The molecule has 0 saturated carbocycles. The first kappa shape index (κ1) is 17.4. The summed E-state index contributed by atoms with van der Waals surface area (Å²) in [5.41, 5.74) is 0.189. The molecule has 1 N–H and O–H groups in total. The molecule has 1 aliphatic rings. The average Bonchev–Trinajstić information content (AvgIpc) is 2.38. The van der Waals surface area contributed by atoms with Crippen molar-refractivity contribution < 1.29 is 9.53 Å². The highest BCUT2D eigenvalue weighted by molar-refractivity contribution is 5.75. The second-order valence-electron chi connectivity index (χ2n) is 6.79. The molecular formula is C16H32N2O2. The van der Waals surface area contributed by atoms with E-state index < -0.39 is 0 Å². The van der Waals surface area contributed by atoms with Crippen LogP contribution in [0.4, 0.5) is 0 Å². The molecule has 1 rings (SSSR count). The van der Waals surface area contributed by atoms with Crippen molar-refractivity contribution in [2.24, 2.45) is 5.92 Å². The van der Waals surface area contributed by atoms with Crippen LogP contribution < -0.4 is 5.32 Å². The number of nitrogens with one attached hydrogen (secondary N) is 1. The molecule has 4 heteroatoms. The molecule has 1 saturated heterocycles. The summed E-state index contributed by atoms with van der Waals surface area (Å²) >= 11 is 0. The summed E-state index contributed by atoms with van der Waals surface area (Å²) in [5, 5.41) is 3.58. The predicted octanol–water partition coefficient (Wildman–Crippen LogP) is 2.43. The predicted molar refractivity (Wildman–Crippen MR) is 82.8 cm³/mol. The molecule has 4 nitrogen and oxygen atoms in total. The normalized spacial score (nSPS) is 19.9. The lowest BCUT2D eigenvalue weighted by Crippen LogP contribution is -2.48. The zero-order valence-electron chi connectivity index (χ0n) is 13.9. The highest BCUT2D eigenvalue weighted by Gasteiger charge is 2.29. The van der Waals surface area contributed by atoms with Gasteiger partial charge in [0.15, 0.2) is 0 Å². The van der Waals surface area contributed by atoms with Gasteiger partial charge in [-0.25, -0.2) is 0 Å². The number of hydrogen-bond donors (Lipinski definition) is 1. The largest absolute Gasteiger partial charge is 0.465 e. The van der Waals surface area contributed by atoms with Crippen LogP contribution in [0, 0.1) is 5.92 Å². The van der Waals surface area contributed by atoms with Crippen LogP contribution in [0.25, 0.3) is 0 Å². The van der Waals surface area contributed by atoms with E-state index in [9.17, 15) is 4.79 Å². The van der Waals surface area contributed by atoms with Gasteiger partial charge in [-0.2, -0.15) is 0 Å². The third kappa shape index (κ3) is 5.80. The summed E-state index contributed by atoms with van der Waals surface area (Å²) in [5.74, 6) is 0.673. The van der Waals surface area contributed by atoms with Crippen molar-refractivity contribution in [2.45, 2.75) is 65.5 Å². The second-order valence-corrected chi connectivity index (χ2v) is 6.79. The number of hydrogen-bond acceptors (Lipinski definition) is 4. The topological polar surface area (TPSA) is 41.6 Å². The Balaban J connectivity index is 2.38. The van der Waals surface area contributed by atoms with Gasteiger partial charge in [-0.3, -0.25) is 9.69 Å². The van der Waals surface area contributed by atoms with E-state index in [0.29, 0.717) is 6.61 Å². The first-order valence-electron chi connectivity index (χ1n) is 8.03. The number of esters is 1. The molecular weight excluding hydrogens is 252 g/mol. The highest BCUT2D eigenvalue weighted by Crippen LogP contribution is 2.20. The molecule has 1 fully saturated rings. The quantitative estimate of drug-likeness (QED) is 0.761. The zero-order valence-corrected chi connectivity index (χ0v) is 13.9. The standard InChI is InChI=1S/C16H32N2O2/c1-6-14(15(19)20-7-2)18-10-8-13(9-11-18)12-17-16(3,4)5/h13-14,17H,6-12H2,1-5H3. The second kappa shape index (κ2) is 7.99. The van der Waals surface area contributed by atoms with E-state index in [1.165, 1.54) is 12.8 Å². The number of nitrogens with zero attached hydrogens (tertiary/aromatic N) is 1. The fraction of sp³-hybridized carbons (Fsp3) is 0.938. The van der Waals surface area contributed by atoms with Crippen molar-refractivity contribution in [2.75, 3.05) is 26.2 Å². The van der Waals surface area contributed by atoms with E-state index in [0.717, 1.165) is 32.0 Å². The van der Waals surface area contributed by atoms with E-state index in [2.05, 4.69) is 37.9 Å². The van der Waals surface area contributed by atoms with Gasteiger partial charge in [0, 0.05) is 5.54 Å². The molecule has 1 heterocycles. The van der Waals surface area contributed by atoms with E-state index >= 15 is 0 Å². The number of carbonyl (C=O) groups is 1. The monoisotopic (exact) mass is 284 g/mol. The zero-order chi connectivity index (χ0) is 15.2. The van der Waals surface area contributed by atoms with E-state index in [1.807, 2.05) is 6.92 Å². The summed E-state index contributed by atoms with van der Waals surface area (Å²) in [7, 11) is 0. The minimum Gasteiger partial charge on any atom is -0.465 e. The Morgan fingerprint density at radius 3 is 2.35 bits per heavy atom. The maximum atomic E-state index is 11.9. The highest BCUT2D eigenvalue weighted by atomic mass is 16.5. The summed E-state index contributed by atoms with van der Waals surface area (Å²) in [6.45, 7) is 14.1. The lowest BCUT2D eigenvalue weighted by Gasteiger charge is -2.37. The lowest BCUT2D eigenvalue weighted by molar-refractivity contribution is -0.150. The van der Waals surface area contributed by atoms with Gasteiger partial charge in [0.05, 0.1) is 6.61 Å². The van der Waals surface area contributed by atoms with Gasteiger partial charge in [0.25, 0.3) is 0 Å². The van der Waals surface area contributed by atoms with E-state index in [4.69, 9.17) is 4.74 Å². The molecule has 0 spiro atoms. The molecule has 0 aromatic rings. The maximum absolute atomic E-state index is 11.9. The fourth-order valence-electron chi connectivity index (χ4n) is 2.73. The summed E-state index contributed by atoms with van der Waals surface area (Å²) in [6, 6.07) is -0.0496. The Kier molecular flexibility index (Phi) is 6.96. The van der Waals surface area contributed by atoms with Gasteiger partial charge < -0.3 is 10.1 Å². The molecule has 0 amide bonds. The van der Waals surface area contributed by atoms with Crippen molar-refractivity contribution in [3.63, 3.8) is 0 Å². The Bertz CT molecular complexity index is 291. The van der Waals surface area contributed by atoms with Crippen molar-refractivity contribution >= 4 is 5.97 Å². The number of ether oxygens (including phenoxy) is 1. The minimum atomic E-state index is -0.0544. The lowest BCUT2D eigenvalue weighted by atomic mass is 9.94. The SMILES string of the molecule is CCOC(=O)C(CC)N1CCC(CNC(C)(C)C)CC1. The van der Waals surface area contributed by atoms with Crippen molar-refractivity contribution in [3.05, 3.63) is 0 Å². The first-order valence-corrected chi connectivity index (χ1v) is 8.03. The number of rotatable bonds is 6. The van der Waals surface area contributed by atoms with Crippen LogP contribution in [0.15, 0.2) is 0 Å². The Labute approximate surface area is 124 Å². The molecule has 0 radical (unpaired) electrons. The summed E-state index contributed by atoms with van der Waals surface area (Å²) in [6.07, 6.45) is 3.17. The van der Waals surface area contributed by atoms with Crippen molar-refractivity contribution in [1.82, 2.24) is 10.2 Å². The number of likely N-dealkylation sites (tertiary alicyclic amines) is 1. The number of piperidine rings is 1. The van der Waals surface area contributed by atoms with Crippen molar-refractivity contribution in [1.29, 1.82) is 0 Å². The first-order chi connectivity index (χ1) is 9.37. The molecule has 0 aromatic heterocycles. The molecule has 1 atom stereocenters. The average molecular weight is 284 g/mol. The molecule has 1 aliphatic heterocycles. The van der Waals surface area contributed by atoms with Crippen LogP contribution in [0.3, 0.4) is 0 Å². The van der Waals surface area contributed by atoms with Crippen LogP contribution in [-0.2, 0) is 9.53 Å². The Morgan fingerprint density at radius 2 is 1.90 bits per heavy atom. The van der Waals surface area contributed by atoms with Gasteiger partial charge in [0.2, 0.25) is 0 Å². The van der Waals surface area contributed by atoms with E-state index in [-0.39, 0.29) is 17.6 Å². The van der Waals surface area contributed by atoms with Crippen LogP contribution in [0.2, 0.25) is 0 Å². The van der Waals surface area contributed by atoms with Crippen molar-refractivity contribution in [3.8, 4) is 0 Å². The third-order valence-electron chi connectivity index (χ3n) is 3.96. The molecule has 0 aliphatic carbocycles. The smallest absolute Gasteiger partial charge is 0.323 e. The molecule has 0 aromatic carbocycles. The van der Waals surface area contributed by atoms with E-state index in [1.54, 1.807) is 0 Å². The fourth-order valence-corrected chi connectivity index (χ4v) is 2.73. The molecule has 0 bridgehead atoms. The van der Waals surface area contributed by atoms with Gasteiger partial charge in [-0.1, -0.05) is 6.92 Å². The molecule has 20 heavy (non-hydrogen) atoms. The van der Waals surface area contributed by atoms with Gasteiger partial charge in [0.1, 0.15) is 6.04 Å². The van der Waals surface area contributed by atoms with Gasteiger partial charge in [-0.05, 0) is 72.5 Å².